The van der Waals surface area contributed by atoms with E-state index in [2.05, 4.69) is 13.2 Å². The first-order valence-electron chi connectivity index (χ1n) is 6.03. The van der Waals surface area contributed by atoms with Gasteiger partial charge in [-0.25, -0.2) is 4.39 Å². The highest BCUT2D eigenvalue weighted by Crippen LogP contribution is 2.10. The molecular weight excluding hydrogens is 249 g/mol. The first-order valence-corrected chi connectivity index (χ1v) is 7.42. The Labute approximate surface area is 113 Å². The molecule has 1 atom stereocenters. The fourth-order valence-electron chi connectivity index (χ4n) is 1.66. The number of likely N-dealkylation sites (N-methyl/N-ethyl adjacent to an activating group) is 1. The maximum Gasteiger partial charge on any atom is 0.179 e. The molecule has 0 aliphatic heterocycles. The molecule has 0 fully saturated rings. The summed E-state index contributed by atoms with van der Waals surface area (Å²) in [6, 6.07) is 6.47. The number of carbonyl (C=O) groups excluding carboxylic acids is 1. The standard InChI is InChI=1S/C14H20FNOS/c1-11(8-9-18-3)16(2)10-14(17)12-6-4-5-7-13(12)15/h4-7,11H,8-10H2,1-3H3. The van der Waals surface area contributed by atoms with E-state index in [0.29, 0.717) is 6.04 Å². The van der Waals surface area contributed by atoms with Gasteiger partial charge in [0.05, 0.1) is 12.1 Å². The number of hydrogen-bond acceptors (Lipinski definition) is 3. The lowest BCUT2D eigenvalue weighted by Gasteiger charge is -2.23. The summed E-state index contributed by atoms with van der Waals surface area (Å²) in [5.74, 6) is 0.471. The number of ketones is 1. The van der Waals surface area contributed by atoms with Crippen LogP contribution in [0.5, 0.6) is 0 Å². The maximum atomic E-state index is 13.5. The number of carbonyl (C=O) groups is 1. The fourth-order valence-corrected chi connectivity index (χ4v) is 2.24. The third-order valence-corrected chi connectivity index (χ3v) is 3.70. The number of nitrogens with zero attached hydrogens (tertiary/aromatic N) is 1. The molecule has 18 heavy (non-hydrogen) atoms. The summed E-state index contributed by atoms with van der Waals surface area (Å²) >= 11 is 1.79. The largest absolute Gasteiger partial charge is 0.296 e. The average Bonchev–Trinajstić information content (AvgIpc) is 2.36. The Morgan fingerprint density at radius 2 is 2.11 bits per heavy atom. The summed E-state index contributed by atoms with van der Waals surface area (Å²) < 4.78 is 13.5. The molecule has 0 aromatic heterocycles. The van der Waals surface area contributed by atoms with E-state index >= 15 is 0 Å². The van der Waals surface area contributed by atoms with E-state index in [1.165, 1.54) is 12.1 Å². The first kappa shape index (κ1) is 15.2. The van der Waals surface area contributed by atoms with Crippen LogP contribution in [0.15, 0.2) is 24.3 Å². The van der Waals surface area contributed by atoms with Crippen molar-refractivity contribution in [3.63, 3.8) is 0 Å². The molecule has 1 aromatic carbocycles. The molecule has 0 spiro atoms. The van der Waals surface area contributed by atoms with Crippen LogP contribution in [-0.4, -0.2) is 42.3 Å². The van der Waals surface area contributed by atoms with Gasteiger partial charge in [0.25, 0.3) is 0 Å². The molecule has 100 valence electrons. The molecule has 4 heteroatoms. The van der Waals surface area contributed by atoms with Gasteiger partial charge in [0.15, 0.2) is 5.78 Å². The summed E-state index contributed by atoms with van der Waals surface area (Å²) in [6.45, 7) is 2.35. The van der Waals surface area contributed by atoms with Crippen LogP contribution in [0.3, 0.4) is 0 Å². The minimum Gasteiger partial charge on any atom is -0.296 e. The van der Waals surface area contributed by atoms with Crippen molar-refractivity contribution in [1.82, 2.24) is 4.90 Å². The van der Waals surface area contributed by atoms with Crippen LogP contribution in [0.1, 0.15) is 23.7 Å². The van der Waals surface area contributed by atoms with Gasteiger partial charge < -0.3 is 0 Å². The van der Waals surface area contributed by atoms with E-state index in [4.69, 9.17) is 0 Å². The van der Waals surface area contributed by atoms with Gasteiger partial charge in [-0.15, -0.1) is 0 Å². The number of Topliss-reactive ketones (excluding diaryl/α,β-unsaturated/α-hetero) is 1. The Morgan fingerprint density at radius 3 is 2.72 bits per heavy atom. The number of halogens is 1. The number of thioether (sulfide) groups is 1. The topological polar surface area (TPSA) is 20.3 Å². The zero-order valence-electron chi connectivity index (χ0n) is 11.1. The van der Waals surface area contributed by atoms with Crippen LogP contribution in [0.4, 0.5) is 4.39 Å². The van der Waals surface area contributed by atoms with Crippen molar-refractivity contribution in [3.8, 4) is 0 Å². The van der Waals surface area contributed by atoms with Crippen LogP contribution in [0.25, 0.3) is 0 Å². The van der Waals surface area contributed by atoms with Crippen molar-refractivity contribution < 1.29 is 9.18 Å². The van der Waals surface area contributed by atoms with Crippen LogP contribution >= 0.6 is 11.8 Å². The molecule has 0 amide bonds. The number of benzene rings is 1. The molecular formula is C14H20FNOS. The predicted octanol–water partition coefficient (Wildman–Crippen LogP) is 3.08. The monoisotopic (exact) mass is 269 g/mol. The van der Waals surface area contributed by atoms with Crippen molar-refractivity contribution in [1.29, 1.82) is 0 Å². The summed E-state index contributed by atoms with van der Waals surface area (Å²) in [5.41, 5.74) is 0.182. The highest BCUT2D eigenvalue weighted by molar-refractivity contribution is 7.98. The van der Waals surface area contributed by atoms with Crippen LogP contribution in [0, 0.1) is 5.82 Å². The summed E-state index contributed by atoms with van der Waals surface area (Å²) in [4.78, 5) is 13.9. The molecule has 0 heterocycles. The fraction of sp³-hybridized carbons (Fsp3) is 0.500. The number of rotatable bonds is 7. The Balaban J connectivity index is 2.57. The lowest BCUT2D eigenvalue weighted by molar-refractivity contribution is 0.0919. The van der Waals surface area contributed by atoms with Crippen molar-refractivity contribution in [2.24, 2.45) is 0 Å². The summed E-state index contributed by atoms with van der Waals surface area (Å²) in [6.07, 6.45) is 3.10. The molecule has 1 rings (SSSR count). The minimum absolute atomic E-state index is 0.161. The van der Waals surface area contributed by atoms with E-state index in [1.807, 2.05) is 11.9 Å². The second kappa shape index (κ2) is 7.54. The highest BCUT2D eigenvalue weighted by atomic mass is 32.2. The van der Waals surface area contributed by atoms with Crippen molar-refractivity contribution >= 4 is 17.5 Å². The predicted molar refractivity (Wildman–Crippen MR) is 75.8 cm³/mol. The highest BCUT2D eigenvalue weighted by Gasteiger charge is 2.16. The van der Waals surface area contributed by atoms with E-state index in [-0.39, 0.29) is 17.9 Å². The lowest BCUT2D eigenvalue weighted by atomic mass is 10.1. The summed E-state index contributed by atoms with van der Waals surface area (Å²) in [5, 5.41) is 0. The van der Waals surface area contributed by atoms with Crippen LogP contribution in [-0.2, 0) is 0 Å². The lowest BCUT2D eigenvalue weighted by Crippen LogP contribution is -2.34. The van der Waals surface area contributed by atoms with Gasteiger partial charge in [-0.1, -0.05) is 12.1 Å². The molecule has 1 unspecified atom stereocenters. The van der Waals surface area contributed by atoms with E-state index in [0.717, 1.165) is 12.2 Å². The molecule has 0 radical (unpaired) electrons. The third kappa shape index (κ3) is 4.42. The second-order valence-electron chi connectivity index (χ2n) is 4.45. The van der Waals surface area contributed by atoms with Gasteiger partial charge in [0.2, 0.25) is 0 Å². The Morgan fingerprint density at radius 1 is 1.44 bits per heavy atom. The van der Waals surface area contributed by atoms with E-state index in [9.17, 15) is 9.18 Å². The molecule has 0 bridgehead atoms. The molecule has 1 aromatic rings. The van der Waals surface area contributed by atoms with Crippen molar-refractivity contribution in [2.75, 3.05) is 25.6 Å². The first-order chi connectivity index (χ1) is 8.56. The van der Waals surface area contributed by atoms with Crippen molar-refractivity contribution in [3.05, 3.63) is 35.6 Å². The van der Waals surface area contributed by atoms with E-state index < -0.39 is 5.82 Å². The third-order valence-electron chi connectivity index (χ3n) is 3.06. The molecule has 0 saturated carbocycles. The van der Waals surface area contributed by atoms with Gasteiger partial charge in [-0.2, -0.15) is 11.8 Å². The molecule has 0 N–H and O–H groups in total. The molecule has 0 saturated heterocycles. The second-order valence-corrected chi connectivity index (χ2v) is 5.43. The maximum absolute atomic E-state index is 13.5. The molecule has 0 aliphatic carbocycles. The smallest absolute Gasteiger partial charge is 0.179 e. The van der Waals surface area contributed by atoms with Gasteiger partial charge >= 0.3 is 0 Å². The minimum atomic E-state index is -0.437. The zero-order valence-corrected chi connectivity index (χ0v) is 12.0. The average molecular weight is 269 g/mol. The molecule has 0 aliphatic rings. The molecule has 2 nitrogen and oxygen atoms in total. The Kier molecular flexibility index (Phi) is 6.36. The summed E-state index contributed by atoms with van der Waals surface area (Å²) in [7, 11) is 1.91. The quantitative estimate of drug-likeness (QED) is 0.710. The normalized spacial score (nSPS) is 12.7. The van der Waals surface area contributed by atoms with Gasteiger partial charge in [-0.3, -0.25) is 9.69 Å². The Bertz CT molecular complexity index is 397. The SMILES string of the molecule is CSCCC(C)N(C)CC(=O)c1ccccc1F. The number of hydrogen-bond donors (Lipinski definition) is 0. The Hall–Kier alpha value is -0.870. The van der Waals surface area contributed by atoms with Gasteiger partial charge in [0.1, 0.15) is 5.82 Å². The van der Waals surface area contributed by atoms with E-state index in [1.54, 1.807) is 23.9 Å². The van der Waals surface area contributed by atoms with Crippen LogP contribution in [0.2, 0.25) is 0 Å². The van der Waals surface area contributed by atoms with Gasteiger partial charge in [-0.05, 0) is 44.5 Å². The van der Waals surface area contributed by atoms with Gasteiger partial charge in [0, 0.05) is 6.04 Å². The zero-order chi connectivity index (χ0) is 13.5. The van der Waals surface area contributed by atoms with Crippen LogP contribution < -0.4 is 0 Å². The van der Waals surface area contributed by atoms with Crippen molar-refractivity contribution in [2.45, 2.75) is 19.4 Å².